The number of esters is 4. The molecule has 2 aliphatic carbocycles. The van der Waals surface area contributed by atoms with Crippen molar-refractivity contribution in [2.24, 2.45) is 10.8 Å². The summed E-state index contributed by atoms with van der Waals surface area (Å²) in [5, 5.41) is 0. The van der Waals surface area contributed by atoms with Gasteiger partial charge in [-0.1, -0.05) is 218 Å². The van der Waals surface area contributed by atoms with Gasteiger partial charge in [0, 0.05) is 50.4 Å². The van der Waals surface area contributed by atoms with Crippen LogP contribution in [0.15, 0.2) is 213 Å². The van der Waals surface area contributed by atoms with Gasteiger partial charge in [-0.2, -0.15) is 0 Å². The third kappa shape index (κ3) is 30.2. The van der Waals surface area contributed by atoms with Gasteiger partial charge in [-0.05, 0) is 130 Å². The summed E-state index contributed by atoms with van der Waals surface area (Å²) in [7, 11) is 0. The van der Waals surface area contributed by atoms with Crippen molar-refractivity contribution in [3.63, 3.8) is 0 Å². The zero-order chi connectivity index (χ0) is 65.9. The highest BCUT2D eigenvalue weighted by atomic mass is 16.6. The van der Waals surface area contributed by atoms with Crippen LogP contribution < -0.4 is 0 Å². The van der Waals surface area contributed by atoms with Gasteiger partial charge >= 0.3 is 23.9 Å². The van der Waals surface area contributed by atoms with Crippen molar-refractivity contribution in [3.05, 3.63) is 213 Å². The van der Waals surface area contributed by atoms with Crippen LogP contribution in [0.25, 0.3) is 0 Å². The Morgan fingerprint density at radius 3 is 1.07 bits per heavy atom. The first-order valence-corrected chi connectivity index (χ1v) is 32.5. The van der Waals surface area contributed by atoms with E-state index in [0.29, 0.717) is 65.7 Å². The van der Waals surface area contributed by atoms with Crippen molar-refractivity contribution in [1.82, 2.24) is 9.80 Å². The van der Waals surface area contributed by atoms with E-state index in [-0.39, 0.29) is 34.8 Å². The summed E-state index contributed by atoms with van der Waals surface area (Å²) in [5.41, 5.74) is 13.4. The second kappa shape index (κ2) is 40.7. The third-order valence-corrected chi connectivity index (χ3v) is 16.5. The van der Waals surface area contributed by atoms with Gasteiger partial charge in [-0.3, -0.25) is 19.4 Å². The van der Waals surface area contributed by atoms with E-state index in [0.717, 1.165) is 22.3 Å². The Morgan fingerprint density at radius 1 is 0.444 bits per heavy atom. The fourth-order valence-electron chi connectivity index (χ4n) is 10.7. The van der Waals surface area contributed by atoms with Crippen LogP contribution in [0.2, 0.25) is 0 Å². The quantitative estimate of drug-likeness (QED) is 0.0283. The molecule has 0 aromatic carbocycles. The summed E-state index contributed by atoms with van der Waals surface area (Å²) in [6, 6.07) is 0. The van der Waals surface area contributed by atoms with E-state index in [4.69, 9.17) is 28.4 Å². The minimum absolute atomic E-state index is 0.0205. The second-order valence-electron chi connectivity index (χ2n) is 25.6. The lowest BCUT2D eigenvalue weighted by Crippen LogP contribution is -2.44. The maximum absolute atomic E-state index is 13.6. The molecular formula is C78H108N2O10. The van der Waals surface area contributed by atoms with Gasteiger partial charge in [0.25, 0.3) is 0 Å². The maximum atomic E-state index is 13.6. The van der Waals surface area contributed by atoms with Crippen LogP contribution in [0.3, 0.4) is 0 Å². The van der Waals surface area contributed by atoms with Gasteiger partial charge in [0.15, 0.2) is 12.2 Å². The molecule has 2 atom stereocenters. The van der Waals surface area contributed by atoms with Crippen molar-refractivity contribution in [1.29, 1.82) is 0 Å². The molecule has 4 rings (SSSR count). The largest absolute Gasteiger partial charge is 0.458 e. The van der Waals surface area contributed by atoms with Crippen molar-refractivity contribution in [3.8, 4) is 0 Å². The van der Waals surface area contributed by atoms with Crippen LogP contribution in [-0.4, -0.2) is 125 Å². The Bertz CT molecular complexity index is 2780. The predicted molar refractivity (Wildman–Crippen MR) is 369 cm³/mol. The lowest BCUT2D eigenvalue weighted by atomic mass is 9.72. The molecule has 0 spiro atoms. The molecule has 90 heavy (non-hydrogen) atoms. The molecule has 0 N–H and O–H groups in total. The number of allylic oxidation sites excluding steroid dienone is 34. The van der Waals surface area contributed by atoms with Gasteiger partial charge in [-0.15, -0.1) is 0 Å². The van der Waals surface area contributed by atoms with Gasteiger partial charge < -0.3 is 28.4 Å². The van der Waals surface area contributed by atoms with Gasteiger partial charge in [0.1, 0.15) is 13.2 Å². The Hall–Kier alpha value is -6.96. The van der Waals surface area contributed by atoms with E-state index in [1.54, 1.807) is 38.2 Å². The fourth-order valence-corrected chi connectivity index (χ4v) is 10.7. The summed E-state index contributed by atoms with van der Waals surface area (Å²) in [5.74, 6) is -2.52. The molecular weight excluding hydrogens is 1120 g/mol. The van der Waals surface area contributed by atoms with Gasteiger partial charge in [0.2, 0.25) is 0 Å². The second-order valence-corrected chi connectivity index (χ2v) is 25.6. The summed E-state index contributed by atoms with van der Waals surface area (Å²) in [6.07, 6.45) is 52.8. The number of carbonyl (C=O) groups excluding carboxylic acids is 4. The van der Waals surface area contributed by atoms with E-state index in [1.807, 2.05) is 74.6 Å². The zero-order valence-electron chi connectivity index (χ0n) is 57.1. The molecule has 0 amide bonds. The van der Waals surface area contributed by atoms with E-state index in [2.05, 4.69) is 140 Å². The molecule has 490 valence electrons. The van der Waals surface area contributed by atoms with Crippen molar-refractivity contribution >= 4 is 23.9 Å². The minimum atomic E-state index is -1.31. The molecule has 0 saturated carbocycles. The Labute approximate surface area is 541 Å². The van der Waals surface area contributed by atoms with E-state index in [9.17, 15) is 19.2 Å². The average Bonchev–Trinajstić information content (AvgIpc) is 2.38. The van der Waals surface area contributed by atoms with E-state index in [1.165, 1.54) is 72.0 Å². The van der Waals surface area contributed by atoms with Gasteiger partial charge in [-0.25, -0.2) is 9.59 Å². The van der Waals surface area contributed by atoms with Crippen LogP contribution in [-0.2, 0) is 47.6 Å². The number of hydrogen-bond donors (Lipinski definition) is 0. The minimum Gasteiger partial charge on any atom is -0.458 e. The van der Waals surface area contributed by atoms with Crippen molar-refractivity contribution in [2.75, 3.05) is 78.9 Å². The molecule has 2 fully saturated rings. The number of nitrogens with zero attached hydrogens (tertiary/aromatic N) is 2. The van der Waals surface area contributed by atoms with Crippen molar-refractivity contribution in [2.45, 2.75) is 161 Å². The molecule has 0 radical (unpaired) electrons. The topological polar surface area (TPSA) is 130 Å². The third-order valence-electron chi connectivity index (χ3n) is 16.5. The molecule has 12 nitrogen and oxygen atoms in total. The zero-order valence-corrected chi connectivity index (χ0v) is 57.1. The predicted octanol–water partition coefficient (Wildman–Crippen LogP) is 16.4. The molecule has 2 saturated heterocycles. The fraction of sp³-hybridized carbons (Fsp3) is 0.487. The lowest BCUT2D eigenvalue weighted by Gasteiger charge is -2.33. The first-order chi connectivity index (χ1) is 42.9. The average molecular weight is 1230 g/mol. The maximum Gasteiger partial charge on any atom is 0.333 e. The number of morpholine rings is 2. The number of rotatable bonds is 31. The summed E-state index contributed by atoms with van der Waals surface area (Å²) < 4.78 is 34.5. The molecule has 0 bridgehead atoms. The Kier molecular flexibility index (Phi) is 34.2. The molecule has 0 unspecified atom stereocenters. The molecule has 2 aliphatic heterocycles. The van der Waals surface area contributed by atoms with E-state index >= 15 is 0 Å². The van der Waals surface area contributed by atoms with Crippen LogP contribution in [0, 0.1) is 10.8 Å². The molecule has 0 aromatic rings. The Balaban J connectivity index is 1.41. The summed E-state index contributed by atoms with van der Waals surface area (Å²) in [4.78, 5) is 58.5. The Morgan fingerprint density at radius 2 is 0.744 bits per heavy atom. The number of carbonyl (C=O) groups is 4. The molecule has 12 heteroatoms. The smallest absolute Gasteiger partial charge is 0.333 e. The monoisotopic (exact) mass is 1230 g/mol. The standard InChI is InChI=1S/C78H108N2O10/c1-59(29-19-31-63(5)39-41-69-65(7)37-23-45-77(69,11)12)25-15-17-27-61(3)33-21-35-67(9)75(83)87-57-71(89-73(81)43-47-79-49-53-85-54-50-79)72(90-74(82)44-48-80-51-55-86-56-52-80)58-88-76(84)68(10)36-22-34-62(4)28-18-16-26-60(2)30-20-32-64(6)40-42-70-66(8)38-24-46-78(70,13)14/h15-22,25-36,39-42,71-72H,23-24,37-38,43-58H2,1-14H3/b17-15+,18-16?,29-19+,30-20?,33-21+,34-22?,41-39+,42-40?,59-25+,60-26?,61-27+,62-28?,63-31+,64-32?,67-35-,68-36?/t71-,72+/m1/s1. The first-order valence-electron chi connectivity index (χ1n) is 32.5. The molecule has 2 heterocycles. The van der Waals surface area contributed by atoms with E-state index < -0.39 is 49.3 Å². The highest BCUT2D eigenvalue weighted by molar-refractivity contribution is 5.88. The first kappa shape index (κ1) is 75.5. The van der Waals surface area contributed by atoms with Crippen LogP contribution in [0.1, 0.15) is 148 Å². The molecule has 0 aromatic heterocycles. The number of hydrogen-bond acceptors (Lipinski definition) is 12. The highest BCUT2D eigenvalue weighted by Gasteiger charge is 2.33. The molecule has 4 aliphatic rings. The summed E-state index contributed by atoms with van der Waals surface area (Å²) >= 11 is 0. The van der Waals surface area contributed by atoms with Crippen LogP contribution in [0.5, 0.6) is 0 Å². The van der Waals surface area contributed by atoms with Crippen molar-refractivity contribution < 1.29 is 47.6 Å². The number of ether oxygens (including phenoxy) is 6. The SMILES string of the molecule is CC(C=CC=C(C)C=CC1=C(C)CCCC1(C)C)=CC=CC=C(C)C=CC=C(C)C(=O)OC[C@H](OC(=O)CCN1CCOCC1)[C@@H](COC(=O)\C(C)=C/C=C/C(C)=C/C=C/C=C(C)/C=C/C=C(C)/C=C/C1=C(C)CCCC1(C)C)OC(=O)CCN1CCOCC1. The van der Waals surface area contributed by atoms with Crippen LogP contribution in [0.4, 0.5) is 0 Å². The van der Waals surface area contributed by atoms with Crippen LogP contribution >= 0.6 is 0 Å². The summed E-state index contributed by atoms with van der Waals surface area (Å²) in [6.45, 7) is 34.2. The lowest BCUT2D eigenvalue weighted by molar-refractivity contribution is -0.181. The van der Waals surface area contributed by atoms with Gasteiger partial charge in [0.05, 0.1) is 39.3 Å². The normalized spacial score (nSPS) is 20.4. The highest BCUT2D eigenvalue weighted by Crippen LogP contribution is 2.42.